The maximum Gasteiger partial charge on any atom is 0.0628 e. The van der Waals surface area contributed by atoms with Gasteiger partial charge in [0.15, 0.2) is 0 Å². The first-order valence-electron chi connectivity index (χ1n) is 6.63. The number of hydrogen-bond donors (Lipinski definition) is 1. The third-order valence-electron chi connectivity index (χ3n) is 3.09. The van der Waals surface area contributed by atoms with Gasteiger partial charge in [0.25, 0.3) is 0 Å². The van der Waals surface area contributed by atoms with Crippen LogP contribution in [0.3, 0.4) is 0 Å². The third kappa shape index (κ3) is 4.15. The van der Waals surface area contributed by atoms with Gasteiger partial charge in [0.2, 0.25) is 0 Å². The second-order valence-electron chi connectivity index (χ2n) is 5.76. The van der Waals surface area contributed by atoms with Gasteiger partial charge in [-0.05, 0) is 59.6 Å². The monoisotopic (exact) mass is 237 g/mol. The van der Waals surface area contributed by atoms with Gasteiger partial charge in [-0.2, -0.15) is 5.10 Å². The van der Waals surface area contributed by atoms with Crippen molar-refractivity contribution in [1.82, 2.24) is 15.1 Å². The van der Waals surface area contributed by atoms with Gasteiger partial charge in [-0.1, -0.05) is 6.92 Å². The number of aromatic nitrogens is 2. The van der Waals surface area contributed by atoms with E-state index in [2.05, 4.69) is 56.6 Å². The van der Waals surface area contributed by atoms with Crippen LogP contribution in [0.5, 0.6) is 0 Å². The Labute approximate surface area is 106 Å². The summed E-state index contributed by atoms with van der Waals surface area (Å²) in [6.45, 7) is 15.1. The van der Waals surface area contributed by atoms with Gasteiger partial charge in [-0.15, -0.1) is 0 Å². The van der Waals surface area contributed by atoms with Crippen LogP contribution in [0.4, 0.5) is 0 Å². The Balaban J connectivity index is 2.47. The molecule has 0 radical (unpaired) electrons. The topological polar surface area (TPSA) is 29.9 Å². The third-order valence-corrected chi connectivity index (χ3v) is 3.09. The molecule has 0 aliphatic carbocycles. The van der Waals surface area contributed by atoms with Crippen molar-refractivity contribution < 1.29 is 0 Å². The van der Waals surface area contributed by atoms with Crippen molar-refractivity contribution in [2.45, 2.75) is 66.5 Å². The summed E-state index contributed by atoms with van der Waals surface area (Å²) in [5, 5.41) is 8.11. The summed E-state index contributed by atoms with van der Waals surface area (Å²) in [7, 11) is 0. The van der Waals surface area contributed by atoms with E-state index in [-0.39, 0.29) is 5.54 Å². The van der Waals surface area contributed by atoms with E-state index in [1.807, 2.05) is 0 Å². The quantitative estimate of drug-likeness (QED) is 0.798. The lowest BCUT2D eigenvalue weighted by atomic mass is 10.1. The number of rotatable bonds is 5. The molecule has 1 rings (SSSR count). The number of nitrogens with one attached hydrogen (secondary N) is 1. The molecule has 1 N–H and O–H groups in total. The first kappa shape index (κ1) is 14.2. The van der Waals surface area contributed by atoms with Gasteiger partial charge in [0.1, 0.15) is 0 Å². The highest BCUT2D eigenvalue weighted by atomic mass is 15.3. The Morgan fingerprint density at radius 2 is 1.88 bits per heavy atom. The molecule has 1 aromatic rings. The molecule has 0 amide bonds. The van der Waals surface area contributed by atoms with Crippen LogP contribution in [0.2, 0.25) is 0 Å². The molecule has 17 heavy (non-hydrogen) atoms. The Morgan fingerprint density at radius 3 is 2.35 bits per heavy atom. The fraction of sp³-hybridized carbons (Fsp3) is 0.786. The Bertz CT molecular complexity index is 358. The molecule has 0 aliphatic heterocycles. The standard InChI is InChI=1S/C14H27N3/c1-7-13-11(2)16-17(12(13)3)10-8-9-15-14(4,5)6/h15H,7-10H2,1-6H3. The van der Waals surface area contributed by atoms with Crippen molar-refractivity contribution in [2.75, 3.05) is 6.54 Å². The predicted octanol–water partition coefficient (Wildman–Crippen LogP) is 2.84. The molecule has 0 spiro atoms. The number of hydrogen-bond acceptors (Lipinski definition) is 2. The molecule has 98 valence electrons. The maximum absolute atomic E-state index is 4.60. The molecule has 0 aliphatic rings. The summed E-state index contributed by atoms with van der Waals surface area (Å²) in [6.07, 6.45) is 2.21. The minimum absolute atomic E-state index is 0.212. The van der Waals surface area contributed by atoms with Crippen molar-refractivity contribution in [3.05, 3.63) is 17.0 Å². The van der Waals surface area contributed by atoms with Crippen molar-refractivity contribution in [1.29, 1.82) is 0 Å². The van der Waals surface area contributed by atoms with E-state index in [0.717, 1.165) is 25.9 Å². The molecule has 0 bridgehead atoms. The summed E-state index contributed by atoms with van der Waals surface area (Å²) >= 11 is 0. The van der Waals surface area contributed by atoms with Crippen molar-refractivity contribution >= 4 is 0 Å². The second-order valence-corrected chi connectivity index (χ2v) is 5.76. The molecular formula is C14H27N3. The molecule has 0 fully saturated rings. The molecule has 3 heteroatoms. The minimum Gasteiger partial charge on any atom is -0.312 e. The Hall–Kier alpha value is -0.830. The number of aryl methyl sites for hydroxylation is 2. The molecule has 0 saturated carbocycles. The molecule has 0 atom stereocenters. The van der Waals surface area contributed by atoms with Gasteiger partial charge >= 0.3 is 0 Å². The van der Waals surface area contributed by atoms with E-state index < -0.39 is 0 Å². The van der Waals surface area contributed by atoms with Crippen LogP contribution in [0.1, 0.15) is 51.1 Å². The summed E-state index contributed by atoms with van der Waals surface area (Å²) in [5.74, 6) is 0. The average molecular weight is 237 g/mol. The zero-order chi connectivity index (χ0) is 13.1. The van der Waals surface area contributed by atoms with Gasteiger partial charge in [-0.3, -0.25) is 4.68 Å². The zero-order valence-electron chi connectivity index (χ0n) is 12.2. The molecule has 0 aromatic carbocycles. The van der Waals surface area contributed by atoms with Crippen LogP contribution >= 0.6 is 0 Å². The first-order valence-corrected chi connectivity index (χ1v) is 6.63. The van der Waals surface area contributed by atoms with Crippen LogP contribution in [-0.2, 0) is 13.0 Å². The highest BCUT2D eigenvalue weighted by molar-refractivity contribution is 5.24. The normalized spacial score (nSPS) is 12.1. The highest BCUT2D eigenvalue weighted by Gasteiger charge is 2.10. The average Bonchev–Trinajstić information content (AvgIpc) is 2.47. The smallest absolute Gasteiger partial charge is 0.0628 e. The number of nitrogens with zero attached hydrogens (tertiary/aromatic N) is 2. The van der Waals surface area contributed by atoms with E-state index >= 15 is 0 Å². The van der Waals surface area contributed by atoms with Crippen molar-refractivity contribution in [3.63, 3.8) is 0 Å². The summed E-state index contributed by atoms with van der Waals surface area (Å²) in [6, 6.07) is 0. The molecule has 1 heterocycles. The fourth-order valence-electron chi connectivity index (χ4n) is 2.16. The lowest BCUT2D eigenvalue weighted by Gasteiger charge is -2.20. The second kappa shape index (κ2) is 5.67. The van der Waals surface area contributed by atoms with Gasteiger partial charge < -0.3 is 5.32 Å². The zero-order valence-corrected chi connectivity index (χ0v) is 12.2. The lowest BCUT2D eigenvalue weighted by molar-refractivity contribution is 0.408. The van der Waals surface area contributed by atoms with E-state index in [1.165, 1.54) is 17.0 Å². The Kier molecular flexibility index (Phi) is 4.75. The van der Waals surface area contributed by atoms with Crippen LogP contribution < -0.4 is 5.32 Å². The maximum atomic E-state index is 4.60. The molecule has 1 aromatic heterocycles. The molecule has 3 nitrogen and oxygen atoms in total. The van der Waals surface area contributed by atoms with Gasteiger partial charge in [-0.25, -0.2) is 0 Å². The van der Waals surface area contributed by atoms with E-state index in [4.69, 9.17) is 0 Å². The lowest BCUT2D eigenvalue weighted by Crippen LogP contribution is -2.36. The van der Waals surface area contributed by atoms with Crippen LogP contribution in [0.25, 0.3) is 0 Å². The first-order chi connectivity index (χ1) is 7.85. The molecule has 0 unspecified atom stereocenters. The van der Waals surface area contributed by atoms with Crippen LogP contribution in [-0.4, -0.2) is 21.9 Å². The van der Waals surface area contributed by atoms with E-state index in [9.17, 15) is 0 Å². The SMILES string of the molecule is CCc1c(C)nn(CCCNC(C)(C)C)c1C. The van der Waals surface area contributed by atoms with Gasteiger partial charge in [0, 0.05) is 17.8 Å². The molecular weight excluding hydrogens is 210 g/mol. The van der Waals surface area contributed by atoms with Crippen LogP contribution in [0.15, 0.2) is 0 Å². The minimum atomic E-state index is 0.212. The fourth-order valence-corrected chi connectivity index (χ4v) is 2.16. The summed E-state index contributed by atoms with van der Waals surface area (Å²) in [4.78, 5) is 0. The summed E-state index contributed by atoms with van der Waals surface area (Å²) < 4.78 is 2.15. The Morgan fingerprint density at radius 1 is 1.24 bits per heavy atom. The van der Waals surface area contributed by atoms with E-state index in [1.54, 1.807) is 0 Å². The summed E-state index contributed by atoms with van der Waals surface area (Å²) in [5.41, 5.74) is 4.15. The van der Waals surface area contributed by atoms with Crippen molar-refractivity contribution in [2.24, 2.45) is 0 Å². The van der Waals surface area contributed by atoms with Crippen LogP contribution in [0, 0.1) is 13.8 Å². The highest BCUT2D eigenvalue weighted by Crippen LogP contribution is 2.13. The van der Waals surface area contributed by atoms with Crippen molar-refractivity contribution in [3.8, 4) is 0 Å². The van der Waals surface area contributed by atoms with Gasteiger partial charge in [0.05, 0.1) is 5.69 Å². The molecule has 0 saturated heterocycles. The predicted molar refractivity (Wildman–Crippen MR) is 73.5 cm³/mol. The van der Waals surface area contributed by atoms with E-state index in [0.29, 0.717) is 0 Å². The largest absolute Gasteiger partial charge is 0.312 e.